The minimum absolute atomic E-state index is 0.281. The van der Waals surface area contributed by atoms with E-state index in [1.165, 1.54) is 0 Å². The van der Waals surface area contributed by atoms with E-state index in [4.69, 9.17) is 10.4 Å². The molecule has 0 aliphatic carbocycles. The number of carbonyl (C=O) groups is 1. The molecule has 4 nitrogen and oxygen atoms in total. The van der Waals surface area contributed by atoms with Gasteiger partial charge in [-0.25, -0.2) is 4.89 Å². The van der Waals surface area contributed by atoms with Crippen LogP contribution in [-0.4, -0.2) is 22.4 Å². The molecule has 0 fully saturated rings. The molecule has 0 amide bonds. The standard InChI is InChI=1S/C18H30O4/c1-2-3-4-11-14-17(22-21)15-12-9-7-5-6-8-10-13-16-18(19)20/h3-4,9,11-12,14,17,21H,2,5-8,10,13,15-16H2,1H3,(H,19,20)/b4-3-,12-9-,14-11+. The SMILES string of the molecule is CC/C=C\C=C\C(C/C=C\CCCCCCCC(=O)O)OO. The second-order valence-electron chi connectivity index (χ2n) is 5.27. The normalized spacial score (nSPS) is 13.5. The molecule has 0 heterocycles. The van der Waals surface area contributed by atoms with Gasteiger partial charge in [-0.3, -0.25) is 10.1 Å². The van der Waals surface area contributed by atoms with Gasteiger partial charge in [-0.05, 0) is 32.1 Å². The second-order valence-corrected chi connectivity index (χ2v) is 5.27. The van der Waals surface area contributed by atoms with Crippen molar-refractivity contribution >= 4 is 5.97 Å². The maximum Gasteiger partial charge on any atom is 0.303 e. The maximum absolute atomic E-state index is 10.3. The van der Waals surface area contributed by atoms with Crippen LogP contribution < -0.4 is 0 Å². The molecule has 0 rings (SSSR count). The van der Waals surface area contributed by atoms with E-state index in [0.717, 1.165) is 44.9 Å². The summed E-state index contributed by atoms with van der Waals surface area (Å²) in [6, 6.07) is 0. The van der Waals surface area contributed by atoms with Gasteiger partial charge in [0.2, 0.25) is 0 Å². The van der Waals surface area contributed by atoms with E-state index in [2.05, 4.69) is 17.9 Å². The number of rotatable bonds is 14. The maximum atomic E-state index is 10.3. The number of aliphatic carboxylic acids is 1. The molecule has 0 saturated heterocycles. The third-order valence-electron chi connectivity index (χ3n) is 3.24. The van der Waals surface area contributed by atoms with Crippen LogP contribution >= 0.6 is 0 Å². The fraction of sp³-hybridized carbons (Fsp3) is 0.611. The molecule has 0 radical (unpaired) electrons. The molecule has 0 aromatic heterocycles. The first-order valence-electron chi connectivity index (χ1n) is 8.21. The molecule has 1 atom stereocenters. The van der Waals surface area contributed by atoms with Crippen LogP contribution in [0.1, 0.15) is 64.7 Å². The first-order chi connectivity index (χ1) is 10.7. The first-order valence-corrected chi connectivity index (χ1v) is 8.21. The molecule has 2 N–H and O–H groups in total. The Morgan fingerprint density at radius 1 is 1.05 bits per heavy atom. The summed E-state index contributed by atoms with van der Waals surface area (Å²) < 4.78 is 0. The van der Waals surface area contributed by atoms with E-state index in [1.54, 1.807) is 0 Å². The topological polar surface area (TPSA) is 66.8 Å². The Balaban J connectivity index is 3.57. The van der Waals surface area contributed by atoms with E-state index in [-0.39, 0.29) is 12.5 Å². The average molecular weight is 310 g/mol. The van der Waals surface area contributed by atoms with Gasteiger partial charge in [0.1, 0.15) is 6.10 Å². The second kappa shape index (κ2) is 16.0. The lowest BCUT2D eigenvalue weighted by molar-refractivity contribution is -0.264. The Hall–Kier alpha value is -1.39. The van der Waals surface area contributed by atoms with E-state index in [0.29, 0.717) is 6.42 Å². The highest BCUT2D eigenvalue weighted by molar-refractivity contribution is 5.66. The van der Waals surface area contributed by atoms with Crippen LogP contribution in [0.15, 0.2) is 36.5 Å². The Bertz CT molecular complexity index is 345. The molecule has 0 aromatic carbocycles. The van der Waals surface area contributed by atoms with Crippen LogP contribution in [0.25, 0.3) is 0 Å². The summed E-state index contributed by atoms with van der Waals surface area (Å²) in [5, 5.41) is 17.3. The van der Waals surface area contributed by atoms with E-state index in [9.17, 15) is 4.79 Å². The number of carboxylic acids is 1. The minimum Gasteiger partial charge on any atom is -0.481 e. The van der Waals surface area contributed by atoms with Crippen LogP contribution in [-0.2, 0) is 9.68 Å². The van der Waals surface area contributed by atoms with Gasteiger partial charge in [-0.15, -0.1) is 0 Å². The van der Waals surface area contributed by atoms with Crippen molar-refractivity contribution in [2.75, 3.05) is 0 Å². The average Bonchev–Trinajstić information content (AvgIpc) is 2.50. The summed E-state index contributed by atoms with van der Waals surface area (Å²) in [6.07, 6.45) is 19.6. The molecule has 4 heteroatoms. The van der Waals surface area contributed by atoms with E-state index >= 15 is 0 Å². The number of hydrogen-bond acceptors (Lipinski definition) is 3. The van der Waals surface area contributed by atoms with E-state index < -0.39 is 5.97 Å². The monoisotopic (exact) mass is 310 g/mol. The van der Waals surface area contributed by atoms with E-state index in [1.807, 2.05) is 30.4 Å². The third kappa shape index (κ3) is 15.0. The molecule has 0 saturated carbocycles. The molecule has 126 valence electrons. The summed E-state index contributed by atoms with van der Waals surface area (Å²) in [5.74, 6) is -0.706. The zero-order valence-corrected chi connectivity index (χ0v) is 13.6. The highest BCUT2D eigenvalue weighted by Gasteiger charge is 2.00. The summed E-state index contributed by atoms with van der Waals surface area (Å²) in [7, 11) is 0. The number of allylic oxidation sites excluding steroid dienone is 4. The minimum atomic E-state index is -0.706. The van der Waals surface area contributed by atoms with Crippen LogP contribution in [0.2, 0.25) is 0 Å². The van der Waals surface area contributed by atoms with Crippen LogP contribution in [0.5, 0.6) is 0 Å². The molecule has 0 spiro atoms. The highest BCUT2D eigenvalue weighted by Crippen LogP contribution is 2.08. The largest absolute Gasteiger partial charge is 0.481 e. The van der Waals surface area contributed by atoms with Crippen molar-refractivity contribution in [3.8, 4) is 0 Å². The van der Waals surface area contributed by atoms with Crippen molar-refractivity contribution in [1.82, 2.24) is 0 Å². The molecule has 22 heavy (non-hydrogen) atoms. The van der Waals surface area contributed by atoms with Gasteiger partial charge in [0.25, 0.3) is 0 Å². The number of carboxylic acid groups (broad SMARTS) is 1. The van der Waals surface area contributed by atoms with Crippen molar-refractivity contribution in [2.45, 2.75) is 70.8 Å². The van der Waals surface area contributed by atoms with Gasteiger partial charge in [0, 0.05) is 6.42 Å². The lowest BCUT2D eigenvalue weighted by atomic mass is 10.1. The lowest BCUT2D eigenvalue weighted by Gasteiger charge is -2.04. The predicted molar refractivity (Wildman–Crippen MR) is 89.8 cm³/mol. The predicted octanol–water partition coefficient (Wildman–Crippen LogP) is 5.13. The quantitative estimate of drug-likeness (QED) is 0.153. The lowest BCUT2D eigenvalue weighted by Crippen LogP contribution is -2.04. The van der Waals surface area contributed by atoms with Crippen molar-refractivity contribution in [3.05, 3.63) is 36.5 Å². The van der Waals surface area contributed by atoms with Gasteiger partial charge in [-0.1, -0.05) is 62.6 Å². The molecular formula is C18H30O4. The van der Waals surface area contributed by atoms with Crippen molar-refractivity contribution < 1.29 is 20.0 Å². The Labute approximate surface area is 134 Å². The van der Waals surface area contributed by atoms with Crippen LogP contribution in [0.3, 0.4) is 0 Å². The molecular weight excluding hydrogens is 280 g/mol. The molecule has 0 aromatic rings. The van der Waals surface area contributed by atoms with Gasteiger partial charge in [0.15, 0.2) is 0 Å². The van der Waals surface area contributed by atoms with Crippen molar-refractivity contribution in [2.24, 2.45) is 0 Å². The number of hydrogen-bond donors (Lipinski definition) is 2. The fourth-order valence-corrected chi connectivity index (χ4v) is 1.98. The zero-order chi connectivity index (χ0) is 16.5. The Morgan fingerprint density at radius 2 is 1.77 bits per heavy atom. The molecule has 0 aliphatic rings. The zero-order valence-electron chi connectivity index (χ0n) is 13.6. The number of unbranched alkanes of at least 4 members (excludes halogenated alkanes) is 5. The van der Waals surface area contributed by atoms with Gasteiger partial charge < -0.3 is 5.11 Å². The van der Waals surface area contributed by atoms with Gasteiger partial charge in [0.05, 0.1) is 0 Å². The van der Waals surface area contributed by atoms with Crippen molar-refractivity contribution in [1.29, 1.82) is 0 Å². The third-order valence-corrected chi connectivity index (χ3v) is 3.24. The van der Waals surface area contributed by atoms with Crippen molar-refractivity contribution in [3.63, 3.8) is 0 Å². The molecule has 1 unspecified atom stereocenters. The summed E-state index contributed by atoms with van der Waals surface area (Å²) >= 11 is 0. The highest BCUT2D eigenvalue weighted by atomic mass is 17.1. The van der Waals surface area contributed by atoms with Gasteiger partial charge in [-0.2, -0.15) is 0 Å². The van der Waals surface area contributed by atoms with Crippen LogP contribution in [0, 0.1) is 0 Å². The Morgan fingerprint density at radius 3 is 2.45 bits per heavy atom. The smallest absolute Gasteiger partial charge is 0.303 e. The van der Waals surface area contributed by atoms with Gasteiger partial charge >= 0.3 is 5.97 Å². The van der Waals surface area contributed by atoms with Crippen LogP contribution in [0.4, 0.5) is 0 Å². The first kappa shape index (κ1) is 20.6. The summed E-state index contributed by atoms with van der Waals surface area (Å²) in [6.45, 7) is 2.07. The molecule has 0 aliphatic heterocycles. The summed E-state index contributed by atoms with van der Waals surface area (Å²) in [5.41, 5.74) is 0. The molecule has 0 bridgehead atoms. The summed E-state index contributed by atoms with van der Waals surface area (Å²) in [4.78, 5) is 14.7. The Kier molecular flexibility index (Phi) is 15.0. The fourth-order valence-electron chi connectivity index (χ4n) is 1.98.